The standard InChI is InChI=1S/C11H13ClN2O4S2/c1-18-11(15)9-7-14(4-5-19-9)20(16,17)8-2-3-10(12)13-6-8/h2-3,6,9H,4-5,7H2,1H3/t9-/m0/s1. The summed E-state index contributed by atoms with van der Waals surface area (Å²) in [4.78, 5) is 15.4. The van der Waals surface area contributed by atoms with E-state index in [9.17, 15) is 13.2 Å². The molecule has 1 fully saturated rings. The van der Waals surface area contributed by atoms with Crippen LogP contribution >= 0.6 is 23.4 Å². The second-order valence-corrected chi connectivity index (χ2v) is 7.70. The van der Waals surface area contributed by atoms with Crippen LogP contribution in [0.15, 0.2) is 23.2 Å². The van der Waals surface area contributed by atoms with Gasteiger partial charge in [0.15, 0.2) is 0 Å². The summed E-state index contributed by atoms with van der Waals surface area (Å²) in [7, 11) is -2.37. The fourth-order valence-corrected chi connectivity index (χ4v) is 4.63. The van der Waals surface area contributed by atoms with E-state index in [1.54, 1.807) is 0 Å². The average molecular weight is 337 g/mol. The van der Waals surface area contributed by atoms with Gasteiger partial charge in [0.05, 0.1) is 7.11 Å². The van der Waals surface area contributed by atoms with Gasteiger partial charge in [0.2, 0.25) is 10.0 Å². The van der Waals surface area contributed by atoms with Crippen LogP contribution in [0, 0.1) is 0 Å². The molecule has 0 aliphatic carbocycles. The van der Waals surface area contributed by atoms with Gasteiger partial charge in [0, 0.05) is 25.0 Å². The van der Waals surface area contributed by atoms with Crippen LogP contribution in [-0.4, -0.2) is 54.9 Å². The molecule has 0 unspecified atom stereocenters. The third-order valence-corrected chi connectivity index (χ3v) is 6.07. The van der Waals surface area contributed by atoms with Gasteiger partial charge in [-0.15, -0.1) is 11.8 Å². The number of rotatable bonds is 3. The van der Waals surface area contributed by atoms with Crippen molar-refractivity contribution in [3.8, 4) is 0 Å². The number of carbonyl (C=O) groups excluding carboxylic acids is 1. The Hall–Kier alpha value is -0.830. The molecule has 0 spiro atoms. The third-order valence-electron chi connectivity index (χ3n) is 2.83. The summed E-state index contributed by atoms with van der Waals surface area (Å²) in [5.41, 5.74) is 0. The number of methoxy groups -OCH3 is 1. The second-order valence-electron chi connectivity index (χ2n) is 4.06. The fraction of sp³-hybridized carbons (Fsp3) is 0.455. The molecule has 1 atom stereocenters. The van der Waals surface area contributed by atoms with Crippen molar-refractivity contribution >= 4 is 39.4 Å². The molecule has 0 bridgehead atoms. The van der Waals surface area contributed by atoms with E-state index in [0.29, 0.717) is 12.3 Å². The molecule has 6 nitrogen and oxygen atoms in total. The smallest absolute Gasteiger partial charge is 0.320 e. The lowest BCUT2D eigenvalue weighted by molar-refractivity contribution is -0.140. The molecule has 2 heterocycles. The van der Waals surface area contributed by atoms with Crippen LogP contribution in [-0.2, 0) is 19.6 Å². The maximum Gasteiger partial charge on any atom is 0.320 e. The number of ether oxygens (including phenoxy) is 1. The van der Waals surface area contributed by atoms with Crippen LogP contribution in [0.1, 0.15) is 0 Å². The number of carbonyl (C=O) groups is 1. The Balaban J connectivity index is 2.21. The molecular weight excluding hydrogens is 324 g/mol. The van der Waals surface area contributed by atoms with Gasteiger partial charge in [-0.3, -0.25) is 4.79 Å². The number of hydrogen-bond acceptors (Lipinski definition) is 6. The highest BCUT2D eigenvalue weighted by molar-refractivity contribution is 8.00. The number of nitrogens with zero attached hydrogens (tertiary/aromatic N) is 2. The van der Waals surface area contributed by atoms with Gasteiger partial charge < -0.3 is 4.74 Å². The van der Waals surface area contributed by atoms with Gasteiger partial charge in [0.1, 0.15) is 15.3 Å². The van der Waals surface area contributed by atoms with Gasteiger partial charge in [-0.1, -0.05) is 11.6 Å². The van der Waals surface area contributed by atoms with Crippen LogP contribution < -0.4 is 0 Å². The Kier molecular flexibility index (Phi) is 4.90. The molecule has 0 aromatic carbocycles. The minimum Gasteiger partial charge on any atom is -0.468 e. The molecular formula is C11H13ClN2O4S2. The van der Waals surface area contributed by atoms with Crippen LogP contribution in [0.2, 0.25) is 5.15 Å². The van der Waals surface area contributed by atoms with Crippen molar-refractivity contribution in [1.29, 1.82) is 0 Å². The summed E-state index contributed by atoms with van der Waals surface area (Å²) in [5.74, 6) is 0.129. The Bertz CT molecular complexity index is 591. The molecule has 1 saturated heterocycles. The number of thioether (sulfide) groups is 1. The summed E-state index contributed by atoms with van der Waals surface area (Å²) >= 11 is 7.04. The van der Waals surface area contributed by atoms with Crippen LogP contribution in [0.3, 0.4) is 0 Å². The molecule has 0 saturated carbocycles. The lowest BCUT2D eigenvalue weighted by Crippen LogP contribution is -2.44. The van der Waals surface area contributed by atoms with Gasteiger partial charge in [-0.05, 0) is 12.1 Å². The molecule has 1 aromatic heterocycles. The summed E-state index contributed by atoms with van der Waals surface area (Å²) in [6, 6.07) is 2.82. The zero-order valence-corrected chi connectivity index (χ0v) is 13.0. The quantitative estimate of drug-likeness (QED) is 0.605. The van der Waals surface area contributed by atoms with E-state index in [-0.39, 0.29) is 16.6 Å². The maximum atomic E-state index is 12.4. The lowest BCUT2D eigenvalue weighted by atomic mass is 10.4. The maximum absolute atomic E-state index is 12.4. The minimum atomic E-state index is -3.66. The van der Waals surface area contributed by atoms with E-state index in [1.165, 1.54) is 41.5 Å². The fourth-order valence-electron chi connectivity index (χ4n) is 1.78. The second kappa shape index (κ2) is 6.30. The molecule has 2 rings (SSSR count). The highest BCUT2D eigenvalue weighted by Gasteiger charge is 2.34. The number of pyridine rings is 1. The molecule has 1 aromatic rings. The van der Waals surface area contributed by atoms with Crippen molar-refractivity contribution in [2.45, 2.75) is 10.1 Å². The predicted molar refractivity (Wildman–Crippen MR) is 76.3 cm³/mol. The van der Waals surface area contributed by atoms with E-state index >= 15 is 0 Å². The van der Waals surface area contributed by atoms with Crippen LogP contribution in [0.25, 0.3) is 0 Å². The first kappa shape index (κ1) is 15.6. The van der Waals surface area contributed by atoms with Crippen molar-refractivity contribution in [3.63, 3.8) is 0 Å². The highest BCUT2D eigenvalue weighted by atomic mass is 35.5. The number of hydrogen-bond donors (Lipinski definition) is 0. The Morgan fingerprint density at radius 2 is 2.30 bits per heavy atom. The normalized spacial score (nSPS) is 20.6. The van der Waals surface area contributed by atoms with Crippen LogP contribution in [0.5, 0.6) is 0 Å². The van der Waals surface area contributed by atoms with E-state index in [0.717, 1.165) is 0 Å². The molecule has 9 heteroatoms. The number of sulfonamides is 1. The number of halogens is 1. The van der Waals surface area contributed by atoms with Crippen molar-refractivity contribution in [2.75, 3.05) is 26.0 Å². The van der Waals surface area contributed by atoms with Crippen LogP contribution in [0.4, 0.5) is 0 Å². The van der Waals surface area contributed by atoms with Crippen molar-refractivity contribution in [3.05, 3.63) is 23.5 Å². The molecule has 1 aliphatic rings. The number of esters is 1. The summed E-state index contributed by atoms with van der Waals surface area (Å²) < 4.78 is 30.8. The Labute approximate surface area is 126 Å². The lowest BCUT2D eigenvalue weighted by Gasteiger charge is -2.29. The third kappa shape index (κ3) is 3.25. The van der Waals surface area contributed by atoms with Gasteiger partial charge in [-0.25, -0.2) is 13.4 Å². The van der Waals surface area contributed by atoms with E-state index in [2.05, 4.69) is 9.72 Å². The molecule has 20 heavy (non-hydrogen) atoms. The molecule has 0 radical (unpaired) electrons. The average Bonchev–Trinajstić information content (AvgIpc) is 2.47. The number of aromatic nitrogens is 1. The summed E-state index contributed by atoms with van der Waals surface area (Å²) in [5, 5.41) is -0.269. The van der Waals surface area contributed by atoms with Gasteiger partial charge >= 0.3 is 5.97 Å². The highest BCUT2D eigenvalue weighted by Crippen LogP contribution is 2.25. The largest absolute Gasteiger partial charge is 0.468 e. The van der Waals surface area contributed by atoms with Crippen molar-refractivity contribution in [2.24, 2.45) is 0 Å². The first-order chi connectivity index (χ1) is 9.45. The van der Waals surface area contributed by atoms with Crippen molar-refractivity contribution in [1.82, 2.24) is 9.29 Å². The monoisotopic (exact) mass is 336 g/mol. The Morgan fingerprint density at radius 3 is 2.90 bits per heavy atom. The zero-order valence-electron chi connectivity index (χ0n) is 10.7. The molecule has 110 valence electrons. The van der Waals surface area contributed by atoms with Gasteiger partial charge in [-0.2, -0.15) is 4.31 Å². The first-order valence-electron chi connectivity index (χ1n) is 5.76. The van der Waals surface area contributed by atoms with E-state index < -0.39 is 21.2 Å². The SMILES string of the molecule is COC(=O)[C@@H]1CN(S(=O)(=O)c2ccc(Cl)nc2)CCS1. The first-order valence-corrected chi connectivity index (χ1v) is 8.63. The predicted octanol–water partition coefficient (Wildman–Crippen LogP) is 1.01. The molecule has 0 amide bonds. The molecule has 0 N–H and O–H groups in total. The Morgan fingerprint density at radius 1 is 1.55 bits per heavy atom. The van der Waals surface area contributed by atoms with E-state index in [4.69, 9.17) is 11.6 Å². The minimum absolute atomic E-state index is 0.0671. The van der Waals surface area contributed by atoms with E-state index in [1.807, 2.05) is 0 Å². The van der Waals surface area contributed by atoms with Crippen molar-refractivity contribution < 1.29 is 17.9 Å². The zero-order chi connectivity index (χ0) is 14.8. The van der Waals surface area contributed by atoms with Gasteiger partial charge in [0.25, 0.3) is 0 Å². The summed E-state index contributed by atoms with van der Waals surface area (Å²) in [6.45, 7) is 0.450. The topological polar surface area (TPSA) is 76.6 Å². The summed E-state index contributed by atoms with van der Waals surface area (Å²) in [6.07, 6.45) is 1.21. The molecule has 1 aliphatic heterocycles.